The maximum Gasteiger partial charge on any atom is 0.236 e. The van der Waals surface area contributed by atoms with E-state index in [0.29, 0.717) is 13.1 Å². The largest absolute Gasteiger partial charge is 0.387 e. The molecule has 1 amide bonds. The van der Waals surface area contributed by atoms with Crippen LogP contribution in [0.5, 0.6) is 0 Å². The number of hydrogen-bond acceptors (Lipinski definition) is 4. The van der Waals surface area contributed by atoms with Crippen LogP contribution >= 0.6 is 0 Å². The van der Waals surface area contributed by atoms with Crippen molar-refractivity contribution in [2.75, 3.05) is 52.4 Å². The second-order valence-corrected chi connectivity index (χ2v) is 7.18. The molecule has 138 valence electrons. The molecular weight excluding hydrogens is 321 g/mol. The molecular formula is C19H28FN3O2. The minimum absolute atomic E-state index is 0.243. The summed E-state index contributed by atoms with van der Waals surface area (Å²) >= 11 is 0. The van der Waals surface area contributed by atoms with Gasteiger partial charge in [0.15, 0.2) is 0 Å². The summed E-state index contributed by atoms with van der Waals surface area (Å²) in [6.07, 6.45) is 1.64. The van der Waals surface area contributed by atoms with Crippen molar-refractivity contribution in [2.45, 2.75) is 25.9 Å². The van der Waals surface area contributed by atoms with Crippen molar-refractivity contribution in [1.29, 1.82) is 0 Å². The van der Waals surface area contributed by atoms with E-state index in [0.717, 1.165) is 63.2 Å². The highest BCUT2D eigenvalue weighted by Crippen LogP contribution is 2.20. The number of nitrogens with zero attached hydrogens (tertiary/aromatic N) is 3. The van der Waals surface area contributed by atoms with Crippen molar-refractivity contribution in [1.82, 2.24) is 14.7 Å². The van der Waals surface area contributed by atoms with Gasteiger partial charge in [-0.3, -0.25) is 14.6 Å². The maximum absolute atomic E-state index is 13.2. The van der Waals surface area contributed by atoms with E-state index in [1.54, 1.807) is 6.07 Å². The molecule has 1 aromatic rings. The zero-order chi connectivity index (χ0) is 17.8. The van der Waals surface area contributed by atoms with Crippen molar-refractivity contribution in [2.24, 2.45) is 0 Å². The molecule has 6 heteroatoms. The molecule has 2 aliphatic heterocycles. The average Bonchev–Trinajstić information content (AvgIpc) is 3.11. The van der Waals surface area contributed by atoms with E-state index < -0.39 is 6.10 Å². The number of aliphatic hydroxyl groups excluding tert-OH is 1. The lowest BCUT2D eigenvalue weighted by molar-refractivity contribution is -0.131. The lowest BCUT2D eigenvalue weighted by atomic mass is 10.0. The third-order valence-electron chi connectivity index (χ3n) is 5.30. The minimum atomic E-state index is -0.613. The van der Waals surface area contributed by atoms with Crippen LogP contribution in [-0.2, 0) is 4.79 Å². The molecule has 0 aliphatic carbocycles. The van der Waals surface area contributed by atoms with Gasteiger partial charge in [-0.1, -0.05) is 6.07 Å². The highest BCUT2D eigenvalue weighted by molar-refractivity contribution is 5.78. The number of likely N-dealkylation sites (tertiary alicyclic amines) is 1. The van der Waals surface area contributed by atoms with Crippen LogP contribution in [0.2, 0.25) is 0 Å². The van der Waals surface area contributed by atoms with Gasteiger partial charge in [0.1, 0.15) is 5.82 Å². The van der Waals surface area contributed by atoms with E-state index in [1.165, 1.54) is 12.1 Å². The Labute approximate surface area is 149 Å². The number of aliphatic hydroxyl groups is 1. The zero-order valence-corrected chi connectivity index (χ0v) is 15.0. The molecule has 5 nitrogen and oxygen atoms in total. The lowest BCUT2D eigenvalue weighted by Crippen LogP contribution is -2.50. The molecule has 3 rings (SSSR count). The topological polar surface area (TPSA) is 47.0 Å². The molecule has 0 spiro atoms. The third kappa shape index (κ3) is 4.77. The van der Waals surface area contributed by atoms with Crippen molar-refractivity contribution in [3.63, 3.8) is 0 Å². The van der Waals surface area contributed by atoms with Gasteiger partial charge in [0.2, 0.25) is 5.91 Å². The van der Waals surface area contributed by atoms with E-state index in [9.17, 15) is 14.3 Å². The molecule has 0 saturated carbocycles. The predicted octanol–water partition coefficient (Wildman–Crippen LogP) is 1.41. The second kappa shape index (κ2) is 8.25. The summed E-state index contributed by atoms with van der Waals surface area (Å²) in [7, 11) is 0. The highest BCUT2D eigenvalue weighted by atomic mass is 19.1. The number of carbonyl (C=O) groups is 1. The molecule has 2 aliphatic rings. The molecule has 1 aromatic carbocycles. The molecule has 0 radical (unpaired) electrons. The Morgan fingerprint density at radius 1 is 1.12 bits per heavy atom. The number of β-amino-alcohol motifs (C(OH)–C–C–N with tert-alkyl or cyclic N) is 1. The SMILES string of the molecule is Cc1cc(F)ccc1C(O)CN1CCN(CC(=O)N2CCCC2)CC1. The fourth-order valence-electron chi connectivity index (χ4n) is 3.74. The summed E-state index contributed by atoms with van der Waals surface area (Å²) in [5.41, 5.74) is 1.57. The first-order valence-corrected chi connectivity index (χ1v) is 9.19. The van der Waals surface area contributed by atoms with Crippen LogP contribution in [-0.4, -0.2) is 78.1 Å². The normalized spacial score (nSPS) is 20.8. The van der Waals surface area contributed by atoms with Gasteiger partial charge in [0.25, 0.3) is 0 Å². The summed E-state index contributed by atoms with van der Waals surface area (Å²) < 4.78 is 13.2. The summed E-state index contributed by atoms with van der Waals surface area (Å²) in [6, 6.07) is 4.52. The molecule has 1 N–H and O–H groups in total. The van der Waals surface area contributed by atoms with Gasteiger partial charge in [0, 0.05) is 45.8 Å². The standard InChI is InChI=1S/C19H28FN3O2/c1-15-12-16(20)4-5-17(15)18(24)13-21-8-10-22(11-9-21)14-19(25)23-6-2-3-7-23/h4-5,12,18,24H,2-3,6-11,13-14H2,1H3. The second-order valence-electron chi connectivity index (χ2n) is 7.18. The maximum atomic E-state index is 13.2. The van der Waals surface area contributed by atoms with Gasteiger partial charge >= 0.3 is 0 Å². The van der Waals surface area contributed by atoms with Crippen LogP contribution in [0.4, 0.5) is 4.39 Å². The number of amides is 1. The molecule has 2 fully saturated rings. The van der Waals surface area contributed by atoms with Crippen LogP contribution in [0.3, 0.4) is 0 Å². The van der Waals surface area contributed by atoms with Crippen LogP contribution in [0.25, 0.3) is 0 Å². The number of aryl methyl sites for hydroxylation is 1. The zero-order valence-electron chi connectivity index (χ0n) is 15.0. The number of halogens is 1. The van der Waals surface area contributed by atoms with Crippen LogP contribution < -0.4 is 0 Å². The number of benzene rings is 1. The van der Waals surface area contributed by atoms with E-state index in [-0.39, 0.29) is 11.7 Å². The Morgan fingerprint density at radius 2 is 1.76 bits per heavy atom. The predicted molar refractivity (Wildman–Crippen MR) is 94.8 cm³/mol. The summed E-state index contributed by atoms with van der Waals surface area (Å²) in [5, 5.41) is 10.5. The summed E-state index contributed by atoms with van der Waals surface area (Å²) in [5.74, 6) is -0.0299. The van der Waals surface area contributed by atoms with E-state index in [4.69, 9.17) is 0 Å². The molecule has 1 atom stereocenters. The molecule has 25 heavy (non-hydrogen) atoms. The number of rotatable bonds is 5. The van der Waals surface area contributed by atoms with Gasteiger partial charge in [-0.25, -0.2) is 4.39 Å². The van der Waals surface area contributed by atoms with Crippen LogP contribution in [0.1, 0.15) is 30.1 Å². The Balaban J connectivity index is 1.45. The van der Waals surface area contributed by atoms with Crippen LogP contribution in [0, 0.1) is 12.7 Å². The summed E-state index contributed by atoms with van der Waals surface area (Å²) in [6.45, 7) is 8.04. The quantitative estimate of drug-likeness (QED) is 0.873. The number of carbonyl (C=O) groups excluding carboxylic acids is 1. The number of piperazine rings is 1. The molecule has 2 heterocycles. The molecule has 0 bridgehead atoms. The number of hydrogen-bond donors (Lipinski definition) is 1. The van der Waals surface area contributed by atoms with Crippen molar-refractivity contribution in [3.05, 3.63) is 35.1 Å². The van der Waals surface area contributed by atoms with Gasteiger partial charge in [-0.2, -0.15) is 0 Å². The monoisotopic (exact) mass is 349 g/mol. The Hall–Kier alpha value is -1.50. The smallest absolute Gasteiger partial charge is 0.236 e. The van der Waals surface area contributed by atoms with E-state index in [1.807, 2.05) is 11.8 Å². The average molecular weight is 349 g/mol. The van der Waals surface area contributed by atoms with E-state index >= 15 is 0 Å². The Kier molecular flexibility index (Phi) is 6.04. The van der Waals surface area contributed by atoms with Crippen molar-refractivity contribution < 1.29 is 14.3 Å². The third-order valence-corrected chi connectivity index (χ3v) is 5.30. The first-order chi connectivity index (χ1) is 12.0. The molecule has 1 unspecified atom stereocenters. The van der Waals surface area contributed by atoms with Crippen molar-refractivity contribution >= 4 is 5.91 Å². The lowest BCUT2D eigenvalue weighted by Gasteiger charge is -2.36. The first kappa shape index (κ1) is 18.3. The van der Waals surface area contributed by atoms with Crippen molar-refractivity contribution in [3.8, 4) is 0 Å². The molecule has 2 saturated heterocycles. The van der Waals surface area contributed by atoms with E-state index in [2.05, 4.69) is 9.80 Å². The Bertz CT molecular complexity index is 596. The van der Waals surface area contributed by atoms with Crippen LogP contribution in [0.15, 0.2) is 18.2 Å². The van der Waals surface area contributed by atoms with Gasteiger partial charge in [0.05, 0.1) is 12.6 Å². The molecule has 0 aromatic heterocycles. The van der Waals surface area contributed by atoms with Gasteiger partial charge < -0.3 is 10.0 Å². The highest BCUT2D eigenvalue weighted by Gasteiger charge is 2.24. The fourth-order valence-corrected chi connectivity index (χ4v) is 3.74. The van der Waals surface area contributed by atoms with Gasteiger partial charge in [-0.15, -0.1) is 0 Å². The van der Waals surface area contributed by atoms with Gasteiger partial charge in [-0.05, 0) is 43.0 Å². The summed E-state index contributed by atoms with van der Waals surface area (Å²) in [4.78, 5) is 18.6. The minimum Gasteiger partial charge on any atom is -0.387 e. The first-order valence-electron chi connectivity index (χ1n) is 9.19. The fraction of sp³-hybridized carbons (Fsp3) is 0.632. The Morgan fingerprint density at radius 3 is 2.40 bits per heavy atom.